The SMILES string of the molecule is COc1cc(/C=C/c2ccc(O)cc2)cc(NC=O)c1. The molecule has 0 heterocycles. The summed E-state index contributed by atoms with van der Waals surface area (Å²) in [5.74, 6) is 0.906. The third kappa shape index (κ3) is 3.62. The van der Waals surface area contributed by atoms with Crippen molar-refractivity contribution in [3.05, 3.63) is 53.6 Å². The van der Waals surface area contributed by atoms with Crippen LogP contribution >= 0.6 is 0 Å². The first kappa shape index (κ1) is 13.7. The molecule has 0 aliphatic rings. The molecule has 0 saturated carbocycles. The number of ether oxygens (including phenoxy) is 1. The fourth-order valence-electron chi connectivity index (χ4n) is 1.77. The fourth-order valence-corrected chi connectivity index (χ4v) is 1.77. The Morgan fingerprint density at radius 2 is 1.75 bits per heavy atom. The summed E-state index contributed by atoms with van der Waals surface area (Å²) in [5.41, 5.74) is 2.54. The minimum Gasteiger partial charge on any atom is -0.508 e. The van der Waals surface area contributed by atoms with E-state index in [0.29, 0.717) is 17.8 Å². The van der Waals surface area contributed by atoms with Crippen LogP contribution in [0.3, 0.4) is 0 Å². The number of nitrogens with one attached hydrogen (secondary N) is 1. The first-order valence-corrected chi connectivity index (χ1v) is 6.07. The van der Waals surface area contributed by atoms with E-state index in [0.717, 1.165) is 11.1 Å². The second kappa shape index (κ2) is 6.43. The summed E-state index contributed by atoms with van der Waals surface area (Å²) >= 11 is 0. The van der Waals surface area contributed by atoms with Crippen molar-refractivity contribution in [2.75, 3.05) is 12.4 Å². The van der Waals surface area contributed by atoms with Crippen molar-refractivity contribution in [2.45, 2.75) is 0 Å². The Morgan fingerprint density at radius 3 is 2.40 bits per heavy atom. The van der Waals surface area contributed by atoms with E-state index in [9.17, 15) is 9.90 Å². The number of anilines is 1. The molecule has 20 heavy (non-hydrogen) atoms. The molecule has 2 aromatic rings. The summed E-state index contributed by atoms with van der Waals surface area (Å²) in [6.45, 7) is 0. The zero-order valence-corrected chi connectivity index (χ0v) is 11.0. The van der Waals surface area contributed by atoms with Crippen molar-refractivity contribution in [1.82, 2.24) is 0 Å². The molecule has 4 heteroatoms. The molecule has 0 aliphatic carbocycles. The molecule has 0 unspecified atom stereocenters. The minimum atomic E-state index is 0.237. The van der Waals surface area contributed by atoms with Crippen LogP contribution in [0.2, 0.25) is 0 Å². The monoisotopic (exact) mass is 269 g/mol. The average molecular weight is 269 g/mol. The number of aromatic hydroxyl groups is 1. The van der Waals surface area contributed by atoms with Crippen LogP contribution in [0.25, 0.3) is 12.2 Å². The maximum absolute atomic E-state index is 10.5. The van der Waals surface area contributed by atoms with Crippen molar-refractivity contribution in [1.29, 1.82) is 0 Å². The first-order valence-electron chi connectivity index (χ1n) is 6.07. The lowest BCUT2D eigenvalue weighted by Crippen LogP contribution is -1.95. The zero-order chi connectivity index (χ0) is 14.4. The van der Waals surface area contributed by atoms with Gasteiger partial charge >= 0.3 is 0 Å². The van der Waals surface area contributed by atoms with Gasteiger partial charge in [-0.25, -0.2) is 0 Å². The maximum Gasteiger partial charge on any atom is 0.211 e. The van der Waals surface area contributed by atoms with Gasteiger partial charge in [-0.15, -0.1) is 0 Å². The maximum atomic E-state index is 10.5. The van der Waals surface area contributed by atoms with Crippen molar-refractivity contribution >= 4 is 24.2 Å². The molecule has 0 fully saturated rings. The predicted octanol–water partition coefficient (Wildman–Crippen LogP) is 3.14. The van der Waals surface area contributed by atoms with Crippen LogP contribution in [0.15, 0.2) is 42.5 Å². The van der Waals surface area contributed by atoms with Crippen LogP contribution in [0.1, 0.15) is 11.1 Å². The standard InChI is InChI=1S/C16H15NO3/c1-20-16-9-13(8-14(10-16)17-11-18)3-2-12-4-6-15(19)7-5-12/h2-11,19H,1H3,(H,17,18)/b3-2+. The molecule has 2 rings (SSSR count). The smallest absolute Gasteiger partial charge is 0.211 e. The Balaban J connectivity index is 2.25. The number of methoxy groups -OCH3 is 1. The molecule has 0 saturated heterocycles. The summed E-state index contributed by atoms with van der Waals surface area (Å²) in [5, 5.41) is 11.8. The molecule has 0 radical (unpaired) electrons. The Labute approximate surface area is 117 Å². The lowest BCUT2D eigenvalue weighted by Gasteiger charge is -2.05. The summed E-state index contributed by atoms with van der Waals surface area (Å²) in [4.78, 5) is 10.5. The number of carbonyl (C=O) groups is 1. The lowest BCUT2D eigenvalue weighted by atomic mass is 10.1. The highest BCUT2D eigenvalue weighted by Gasteiger charge is 1.99. The van der Waals surface area contributed by atoms with Crippen molar-refractivity contribution < 1.29 is 14.6 Å². The van der Waals surface area contributed by atoms with Gasteiger partial charge in [0.05, 0.1) is 7.11 Å². The molecule has 0 aromatic heterocycles. The Morgan fingerprint density at radius 1 is 1.05 bits per heavy atom. The molecule has 2 aromatic carbocycles. The molecule has 4 nitrogen and oxygen atoms in total. The van der Waals surface area contributed by atoms with Crippen LogP contribution in [-0.2, 0) is 4.79 Å². The van der Waals surface area contributed by atoms with E-state index in [1.165, 1.54) is 0 Å². The summed E-state index contributed by atoms with van der Waals surface area (Å²) < 4.78 is 5.19. The normalized spacial score (nSPS) is 10.4. The van der Waals surface area contributed by atoms with Gasteiger partial charge < -0.3 is 15.2 Å². The molecule has 0 bridgehead atoms. The van der Waals surface area contributed by atoms with Gasteiger partial charge in [0.1, 0.15) is 11.5 Å². The minimum absolute atomic E-state index is 0.237. The van der Waals surface area contributed by atoms with Crippen LogP contribution in [0.4, 0.5) is 5.69 Å². The second-order valence-corrected chi connectivity index (χ2v) is 4.18. The Hall–Kier alpha value is -2.75. The van der Waals surface area contributed by atoms with Crippen molar-refractivity contribution in [3.8, 4) is 11.5 Å². The van der Waals surface area contributed by atoms with Crippen molar-refractivity contribution in [2.24, 2.45) is 0 Å². The quantitative estimate of drug-likeness (QED) is 0.647. The lowest BCUT2D eigenvalue weighted by molar-refractivity contribution is -0.105. The van der Waals surface area contributed by atoms with Gasteiger partial charge in [0, 0.05) is 11.8 Å². The van der Waals surface area contributed by atoms with Gasteiger partial charge in [-0.1, -0.05) is 24.3 Å². The molecular weight excluding hydrogens is 254 g/mol. The highest BCUT2D eigenvalue weighted by Crippen LogP contribution is 2.22. The number of phenolic OH excluding ortho intramolecular Hbond substituents is 1. The van der Waals surface area contributed by atoms with Crippen LogP contribution in [0.5, 0.6) is 11.5 Å². The Kier molecular flexibility index (Phi) is 4.39. The molecule has 1 amide bonds. The van der Waals surface area contributed by atoms with Gasteiger partial charge in [-0.2, -0.15) is 0 Å². The topological polar surface area (TPSA) is 58.6 Å². The van der Waals surface area contributed by atoms with Gasteiger partial charge in [-0.3, -0.25) is 4.79 Å². The van der Waals surface area contributed by atoms with E-state index in [1.807, 2.05) is 36.4 Å². The van der Waals surface area contributed by atoms with Crippen molar-refractivity contribution in [3.63, 3.8) is 0 Å². The molecule has 0 aliphatic heterocycles. The van der Waals surface area contributed by atoms with Crippen LogP contribution < -0.4 is 10.1 Å². The molecule has 102 valence electrons. The summed E-state index contributed by atoms with van der Waals surface area (Å²) in [6.07, 6.45) is 4.45. The summed E-state index contributed by atoms with van der Waals surface area (Å²) in [7, 11) is 1.58. The number of phenols is 1. The van der Waals surface area contributed by atoms with E-state index >= 15 is 0 Å². The van der Waals surface area contributed by atoms with E-state index in [2.05, 4.69) is 5.32 Å². The second-order valence-electron chi connectivity index (χ2n) is 4.18. The highest BCUT2D eigenvalue weighted by molar-refractivity contribution is 5.77. The van der Waals surface area contributed by atoms with Gasteiger partial charge in [0.25, 0.3) is 0 Å². The van der Waals surface area contributed by atoms with E-state index in [1.54, 1.807) is 25.3 Å². The zero-order valence-electron chi connectivity index (χ0n) is 11.0. The number of amides is 1. The van der Waals surface area contributed by atoms with E-state index < -0.39 is 0 Å². The molecule has 0 atom stereocenters. The van der Waals surface area contributed by atoms with E-state index in [-0.39, 0.29) is 5.75 Å². The average Bonchev–Trinajstić information content (AvgIpc) is 2.47. The molecular formula is C16H15NO3. The number of hydrogen-bond donors (Lipinski definition) is 2. The molecule has 2 N–H and O–H groups in total. The Bertz CT molecular complexity index is 618. The van der Waals surface area contributed by atoms with Crippen LogP contribution in [-0.4, -0.2) is 18.6 Å². The highest BCUT2D eigenvalue weighted by atomic mass is 16.5. The van der Waals surface area contributed by atoms with Crippen LogP contribution in [0, 0.1) is 0 Å². The predicted molar refractivity (Wildman–Crippen MR) is 79.7 cm³/mol. The number of hydrogen-bond acceptors (Lipinski definition) is 3. The third-order valence-corrected chi connectivity index (χ3v) is 2.75. The summed E-state index contributed by atoms with van der Waals surface area (Å²) in [6, 6.07) is 12.3. The number of benzene rings is 2. The van der Waals surface area contributed by atoms with E-state index in [4.69, 9.17) is 4.74 Å². The van der Waals surface area contributed by atoms with Gasteiger partial charge in [0.15, 0.2) is 0 Å². The fraction of sp³-hybridized carbons (Fsp3) is 0.0625. The number of carbonyl (C=O) groups excluding carboxylic acids is 1. The third-order valence-electron chi connectivity index (χ3n) is 2.75. The largest absolute Gasteiger partial charge is 0.508 e. The first-order chi connectivity index (χ1) is 9.71. The molecule has 0 spiro atoms. The van der Waals surface area contributed by atoms with Gasteiger partial charge in [0.2, 0.25) is 6.41 Å². The van der Waals surface area contributed by atoms with Gasteiger partial charge in [-0.05, 0) is 35.4 Å². The number of rotatable bonds is 5.